The third kappa shape index (κ3) is 3.00. The number of nitro benzene ring substituents is 1. The van der Waals surface area contributed by atoms with Crippen molar-refractivity contribution in [2.24, 2.45) is 0 Å². The molecule has 4 nitrogen and oxygen atoms in total. The van der Waals surface area contributed by atoms with Crippen LogP contribution in [0.1, 0.15) is 16.7 Å². The molecule has 0 unspecified atom stereocenters. The summed E-state index contributed by atoms with van der Waals surface area (Å²) in [6.07, 6.45) is 0. The molecule has 116 valence electrons. The number of thiazole rings is 1. The first-order valence-corrected chi connectivity index (χ1v) is 8.12. The van der Waals surface area contributed by atoms with Crippen LogP contribution >= 0.6 is 11.3 Å². The lowest BCUT2D eigenvalue weighted by atomic mass is 10.1. The van der Waals surface area contributed by atoms with Gasteiger partial charge in [-0.2, -0.15) is 0 Å². The van der Waals surface area contributed by atoms with E-state index in [0.717, 1.165) is 21.8 Å². The number of hydrogen-bond acceptors (Lipinski definition) is 4. The van der Waals surface area contributed by atoms with Crippen LogP contribution in [0.15, 0.2) is 41.8 Å². The van der Waals surface area contributed by atoms with Gasteiger partial charge in [0.25, 0.3) is 5.69 Å². The van der Waals surface area contributed by atoms with Crippen LogP contribution in [0, 0.1) is 30.9 Å². The summed E-state index contributed by atoms with van der Waals surface area (Å²) in [7, 11) is 0. The summed E-state index contributed by atoms with van der Waals surface area (Å²) < 4.78 is 0. The number of rotatable bonds is 3. The van der Waals surface area contributed by atoms with Crippen LogP contribution in [0.2, 0.25) is 0 Å². The minimum absolute atomic E-state index is 0.128. The van der Waals surface area contributed by atoms with E-state index < -0.39 is 0 Å². The van der Waals surface area contributed by atoms with E-state index >= 15 is 0 Å². The zero-order chi connectivity index (χ0) is 16.6. The zero-order valence-electron chi connectivity index (χ0n) is 13.2. The second kappa shape index (κ2) is 5.93. The Hall–Kier alpha value is -2.53. The van der Waals surface area contributed by atoms with Crippen molar-refractivity contribution in [2.75, 3.05) is 0 Å². The van der Waals surface area contributed by atoms with Gasteiger partial charge in [-0.25, -0.2) is 4.98 Å². The third-order valence-corrected chi connectivity index (χ3v) is 4.69. The summed E-state index contributed by atoms with van der Waals surface area (Å²) in [6, 6.07) is 11.5. The summed E-state index contributed by atoms with van der Waals surface area (Å²) in [4.78, 5) is 15.4. The fraction of sp³-hybridized carbons (Fsp3) is 0.167. The molecule has 3 aromatic rings. The van der Waals surface area contributed by atoms with E-state index in [2.05, 4.69) is 37.0 Å². The average Bonchev–Trinajstić information content (AvgIpc) is 2.97. The molecule has 0 radical (unpaired) electrons. The standard InChI is InChI=1S/C18H16N2O2S/c1-11-4-7-15(13(3)8-11)18-19-16(10-23-18)14-6-5-12(2)17(9-14)20(21)22/h4-10H,1-3H3. The smallest absolute Gasteiger partial charge is 0.258 e. The first kappa shape index (κ1) is 15.4. The molecule has 0 amide bonds. The number of nitrogens with zero attached hydrogens (tertiary/aromatic N) is 2. The highest BCUT2D eigenvalue weighted by molar-refractivity contribution is 7.13. The molecular weight excluding hydrogens is 308 g/mol. The van der Waals surface area contributed by atoms with Gasteiger partial charge in [-0.15, -0.1) is 11.3 Å². The Morgan fingerprint density at radius 2 is 1.83 bits per heavy atom. The SMILES string of the molecule is Cc1ccc(-c2nc(-c3ccc(C)c([N+](=O)[O-])c3)cs2)c(C)c1. The van der Waals surface area contributed by atoms with Crippen LogP contribution in [0.3, 0.4) is 0 Å². The predicted molar refractivity (Wildman–Crippen MR) is 93.9 cm³/mol. The Balaban J connectivity index is 2.02. The molecular formula is C18H16N2O2S. The Bertz CT molecular complexity index is 900. The van der Waals surface area contributed by atoms with E-state index in [0.29, 0.717) is 5.56 Å². The van der Waals surface area contributed by atoms with Gasteiger partial charge >= 0.3 is 0 Å². The fourth-order valence-electron chi connectivity index (χ4n) is 2.55. The van der Waals surface area contributed by atoms with E-state index in [-0.39, 0.29) is 10.6 Å². The molecule has 0 aliphatic rings. The summed E-state index contributed by atoms with van der Waals surface area (Å²) in [5.41, 5.74) is 5.83. The van der Waals surface area contributed by atoms with Gasteiger partial charge < -0.3 is 0 Å². The maximum atomic E-state index is 11.1. The molecule has 0 saturated carbocycles. The van der Waals surface area contributed by atoms with Crippen molar-refractivity contribution in [1.29, 1.82) is 0 Å². The van der Waals surface area contributed by atoms with Gasteiger partial charge in [0.15, 0.2) is 0 Å². The second-order valence-electron chi connectivity index (χ2n) is 5.61. The molecule has 1 heterocycles. The summed E-state index contributed by atoms with van der Waals surface area (Å²) in [5.74, 6) is 0. The fourth-order valence-corrected chi connectivity index (χ4v) is 3.47. The molecule has 5 heteroatoms. The lowest BCUT2D eigenvalue weighted by Crippen LogP contribution is -1.92. The third-order valence-electron chi connectivity index (χ3n) is 3.82. The highest BCUT2D eigenvalue weighted by Crippen LogP contribution is 2.33. The number of nitro groups is 1. The van der Waals surface area contributed by atoms with Gasteiger partial charge in [0, 0.05) is 28.1 Å². The van der Waals surface area contributed by atoms with Gasteiger partial charge in [-0.3, -0.25) is 10.1 Å². The van der Waals surface area contributed by atoms with E-state index in [1.54, 1.807) is 30.4 Å². The molecule has 0 spiro atoms. The molecule has 0 atom stereocenters. The van der Waals surface area contributed by atoms with Crippen LogP contribution in [-0.2, 0) is 0 Å². The number of aryl methyl sites for hydroxylation is 3. The maximum Gasteiger partial charge on any atom is 0.272 e. The van der Waals surface area contributed by atoms with Gasteiger partial charge in [-0.05, 0) is 26.3 Å². The van der Waals surface area contributed by atoms with Gasteiger partial charge in [-0.1, -0.05) is 35.9 Å². The van der Waals surface area contributed by atoms with Crippen LogP contribution < -0.4 is 0 Å². The lowest BCUT2D eigenvalue weighted by Gasteiger charge is -2.03. The molecule has 0 saturated heterocycles. The van der Waals surface area contributed by atoms with E-state index in [9.17, 15) is 10.1 Å². The topological polar surface area (TPSA) is 56.0 Å². The Kier molecular flexibility index (Phi) is 3.96. The van der Waals surface area contributed by atoms with E-state index in [1.807, 2.05) is 11.4 Å². The van der Waals surface area contributed by atoms with Crippen molar-refractivity contribution in [2.45, 2.75) is 20.8 Å². The summed E-state index contributed by atoms with van der Waals surface area (Å²) in [5, 5.41) is 14.0. The number of benzene rings is 2. The van der Waals surface area contributed by atoms with Gasteiger partial charge in [0.05, 0.1) is 10.6 Å². The Labute approximate surface area is 138 Å². The minimum Gasteiger partial charge on any atom is -0.258 e. The van der Waals surface area contributed by atoms with Crippen molar-refractivity contribution < 1.29 is 4.92 Å². The Morgan fingerprint density at radius 3 is 2.52 bits per heavy atom. The summed E-state index contributed by atoms with van der Waals surface area (Å²) >= 11 is 1.55. The van der Waals surface area contributed by atoms with E-state index in [4.69, 9.17) is 0 Å². The largest absolute Gasteiger partial charge is 0.272 e. The molecule has 0 aliphatic heterocycles. The normalized spacial score (nSPS) is 10.7. The van der Waals surface area contributed by atoms with Gasteiger partial charge in [0.1, 0.15) is 5.01 Å². The van der Waals surface area contributed by atoms with Crippen LogP contribution in [0.4, 0.5) is 5.69 Å². The molecule has 23 heavy (non-hydrogen) atoms. The van der Waals surface area contributed by atoms with Crippen molar-refractivity contribution >= 4 is 17.0 Å². The van der Waals surface area contributed by atoms with Gasteiger partial charge in [0.2, 0.25) is 0 Å². The molecule has 0 aliphatic carbocycles. The number of hydrogen-bond donors (Lipinski definition) is 0. The molecule has 0 fully saturated rings. The van der Waals surface area contributed by atoms with Crippen molar-refractivity contribution in [1.82, 2.24) is 4.98 Å². The van der Waals surface area contributed by atoms with Crippen LogP contribution in [0.25, 0.3) is 21.8 Å². The van der Waals surface area contributed by atoms with Crippen molar-refractivity contribution in [3.05, 3.63) is 68.6 Å². The second-order valence-corrected chi connectivity index (χ2v) is 6.47. The molecule has 0 N–H and O–H groups in total. The first-order valence-electron chi connectivity index (χ1n) is 7.24. The molecule has 0 bridgehead atoms. The predicted octanol–water partition coefficient (Wildman–Crippen LogP) is 5.31. The number of aromatic nitrogens is 1. The maximum absolute atomic E-state index is 11.1. The van der Waals surface area contributed by atoms with Crippen molar-refractivity contribution in [3.63, 3.8) is 0 Å². The highest BCUT2D eigenvalue weighted by Gasteiger charge is 2.14. The molecule has 1 aromatic heterocycles. The minimum atomic E-state index is -0.351. The quantitative estimate of drug-likeness (QED) is 0.484. The highest BCUT2D eigenvalue weighted by atomic mass is 32.1. The monoisotopic (exact) mass is 324 g/mol. The van der Waals surface area contributed by atoms with E-state index in [1.165, 1.54) is 11.1 Å². The average molecular weight is 324 g/mol. The van der Waals surface area contributed by atoms with Crippen molar-refractivity contribution in [3.8, 4) is 21.8 Å². The zero-order valence-corrected chi connectivity index (χ0v) is 14.0. The summed E-state index contributed by atoms with van der Waals surface area (Å²) in [6.45, 7) is 5.87. The molecule has 2 aromatic carbocycles. The molecule has 3 rings (SSSR count). The Morgan fingerprint density at radius 1 is 1.04 bits per heavy atom. The van der Waals surface area contributed by atoms with Crippen LogP contribution in [0.5, 0.6) is 0 Å². The van der Waals surface area contributed by atoms with Crippen LogP contribution in [-0.4, -0.2) is 9.91 Å². The first-order chi connectivity index (χ1) is 11.0. The lowest BCUT2D eigenvalue weighted by molar-refractivity contribution is -0.385.